The lowest BCUT2D eigenvalue weighted by Crippen LogP contribution is -1.97. The highest BCUT2D eigenvalue weighted by Crippen LogP contribution is 2.30. The van der Waals surface area contributed by atoms with Crippen molar-refractivity contribution in [1.29, 1.82) is 5.26 Å². The number of nitrogens with one attached hydrogen (secondary N) is 2. The van der Waals surface area contributed by atoms with Gasteiger partial charge in [-0.3, -0.25) is 5.10 Å². The first-order valence-electron chi connectivity index (χ1n) is 9.52. The molecule has 0 aliphatic heterocycles. The lowest BCUT2D eigenvalue weighted by molar-refractivity contribution is 0.287. The van der Waals surface area contributed by atoms with Crippen molar-refractivity contribution in [2.24, 2.45) is 4.99 Å². The van der Waals surface area contributed by atoms with Crippen molar-refractivity contribution in [3.63, 3.8) is 0 Å². The lowest BCUT2D eigenvalue weighted by atomic mass is 10.2. The van der Waals surface area contributed by atoms with Crippen LogP contribution in [0.1, 0.15) is 16.0 Å². The second kappa shape index (κ2) is 10.4. The summed E-state index contributed by atoms with van der Waals surface area (Å²) in [5.74, 6) is 1.80. The zero-order valence-electron chi connectivity index (χ0n) is 17.2. The number of aliphatic imine (C=N–C) groups is 1. The maximum absolute atomic E-state index is 9.59. The third-order valence-corrected chi connectivity index (χ3v) is 5.70. The number of methoxy groups -OCH3 is 1. The second-order valence-electron chi connectivity index (χ2n) is 6.58. The second-order valence-corrected chi connectivity index (χ2v) is 8.71. The Hall–Kier alpha value is -3.58. The summed E-state index contributed by atoms with van der Waals surface area (Å²) in [4.78, 5) is 9.28. The van der Waals surface area contributed by atoms with Gasteiger partial charge in [-0.2, -0.15) is 10.4 Å². The number of nitrogens with zero attached hydrogens (tertiary/aromatic N) is 4. The number of nitriles is 1. The molecule has 166 valence electrons. The zero-order chi connectivity index (χ0) is 23.2. The number of aromatic amines is 1. The molecular formula is C22H16Cl2N6O2S. The highest BCUT2D eigenvalue weighted by molar-refractivity contribution is 7.15. The fraction of sp³-hybridized carbons (Fsp3) is 0.0909. The van der Waals surface area contributed by atoms with Crippen LogP contribution >= 0.6 is 34.5 Å². The molecular weight excluding hydrogens is 483 g/mol. The number of aromatic nitrogens is 3. The van der Waals surface area contributed by atoms with E-state index in [9.17, 15) is 5.26 Å². The van der Waals surface area contributed by atoms with E-state index in [0.29, 0.717) is 44.9 Å². The first-order chi connectivity index (χ1) is 16.1. The molecule has 0 saturated carbocycles. The van der Waals surface area contributed by atoms with Crippen LogP contribution < -0.4 is 14.8 Å². The topological polar surface area (TPSA) is 108 Å². The molecule has 0 saturated heterocycles. The van der Waals surface area contributed by atoms with Crippen molar-refractivity contribution in [3.8, 4) is 17.6 Å². The number of hydrogen-bond acceptors (Lipinski definition) is 8. The summed E-state index contributed by atoms with van der Waals surface area (Å²) >= 11 is 13.2. The molecule has 11 heteroatoms. The molecule has 0 spiro atoms. The summed E-state index contributed by atoms with van der Waals surface area (Å²) in [5.41, 5.74) is 1.74. The number of benzene rings is 2. The Balaban J connectivity index is 1.49. The highest BCUT2D eigenvalue weighted by atomic mass is 35.5. The number of halogens is 2. The normalized spacial score (nSPS) is 10.8. The van der Waals surface area contributed by atoms with Crippen LogP contribution in [0.3, 0.4) is 0 Å². The van der Waals surface area contributed by atoms with Gasteiger partial charge in [-0.15, -0.1) is 11.3 Å². The molecule has 4 aromatic rings. The monoisotopic (exact) mass is 498 g/mol. The first-order valence-corrected chi connectivity index (χ1v) is 11.1. The van der Waals surface area contributed by atoms with Crippen LogP contribution in [-0.2, 0) is 6.61 Å². The van der Waals surface area contributed by atoms with Gasteiger partial charge in [-0.05, 0) is 42.0 Å². The molecule has 2 N–H and O–H groups in total. The smallest absolute Gasteiger partial charge is 0.183 e. The van der Waals surface area contributed by atoms with E-state index in [2.05, 4.69) is 31.6 Å². The SMILES string of the molecule is COc1cc(/C=N/c2[nH]nc(Nc3cccc(Cl)c3)c2C#N)ccc1OCc1cnc(Cl)s1. The van der Waals surface area contributed by atoms with Crippen LogP contribution in [0.2, 0.25) is 9.49 Å². The van der Waals surface area contributed by atoms with Gasteiger partial charge in [0.15, 0.2) is 27.6 Å². The van der Waals surface area contributed by atoms with Crippen LogP contribution in [-0.4, -0.2) is 28.5 Å². The minimum Gasteiger partial charge on any atom is -0.493 e. The largest absolute Gasteiger partial charge is 0.493 e. The Labute approximate surface area is 203 Å². The summed E-state index contributed by atoms with van der Waals surface area (Å²) in [6, 6.07) is 14.6. The zero-order valence-corrected chi connectivity index (χ0v) is 19.5. The van der Waals surface area contributed by atoms with Gasteiger partial charge < -0.3 is 14.8 Å². The van der Waals surface area contributed by atoms with Crippen LogP contribution in [0.4, 0.5) is 17.3 Å². The van der Waals surface area contributed by atoms with E-state index in [1.807, 2.05) is 12.1 Å². The molecule has 0 aliphatic rings. The van der Waals surface area contributed by atoms with Gasteiger partial charge in [0.1, 0.15) is 18.2 Å². The Morgan fingerprint density at radius 1 is 1.24 bits per heavy atom. The van der Waals surface area contributed by atoms with Gasteiger partial charge in [0.2, 0.25) is 0 Å². The maximum Gasteiger partial charge on any atom is 0.183 e. The summed E-state index contributed by atoms with van der Waals surface area (Å²) in [6.45, 7) is 0.330. The third-order valence-electron chi connectivity index (χ3n) is 4.37. The third kappa shape index (κ3) is 5.62. The quantitative estimate of drug-likeness (QED) is 0.283. The standard InChI is InChI=1S/C22H16Cl2N6O2S/c1-31-19-7-13(5-6-18(19)32-12-16-11-27-22(24)33-16)10-26-20-17(9-25)21(30-29-20)28-15-4-2-3-14(23)8-15/h2-8,10-11H,12H2,1H3,(H2,28,29,30)/b26-10+. The van der Waals surface area contributed by atoms with E-state index in [4.69, 9.17) is 32.7 Å². The Kier molecular flexibility index (Phi) is 7.10. The average molecular weight is 499 g/mol. The van der Waals surface area contributed by atoms with E-state index >= 15 is 0 Å². The van der Waals surface area contributed by atoms with Crippen LogP contribution in [0.5, 0.6) is 11.5 Å². The molecule has 2 aromatic carbocycles. The van der Waals surface area contributed by atoms with E-state index in [1.165, 1.54) is 11.3 Å². The molecule has 8 nitrogen and oxygen atoms in total. The molecule has 0 unspecified atom stereocenters. The van der Waals surface area contributed by atoms with E-state index in [1.54, 1.807) is 49.9 Å². The van der Waals surface area contributed by atoms with E-state index in [0.717, 1.165) is 10.4 Å². The maximum atomic E-state index is 9.59. The molecule has 0 aliphatic carbocycles. The van der Waals surface area contributed by atoms with Crippen molar-refractivity contribution in [2.45, 2.75) is 6.61 Å². The Morgan fingerprint density at radius 2 is 2.12 bits per heavy atom. The Bertz CT molecular complexity index is 1340. The summed E-state index contributed by atoms with van der Waals surface area (Å²) in [6.07, 6.45) is 3.28. The van der Waals surface area contributed by atoms with E-state index in [-0.39, 0.29) is 5.56 Å². The van der Waals surface area contributed by atoms with Gasteiger partial charge in [-0.25, -0.2) is 9.98 Å². The number of hydrogen-bond donors (Lipinski definition) is 2. The fourth-order valence-corrected chi connectivity index (χ4v) is 3.93. The Morgan fingerprint density at radius 3 is 2.85 bits per heavy atom. The van der Waals surface area contributed by atoms with Crippen molar-refractivity contribution in [2.75, 3.05) is 12.4 Å². The molecule has 2 heterocycles. The fourth-order valence-electron chi connectivity index (χ4n) is 2.85. The summed E-state index contributed by atoms with van der Waals surface area (Å²) in [7, 11) is 1.56. The molecule has 0 bridgehead atoms. The molecule has 2 aromatic heterocycles. The van der Waals surface area contributed by atoms with Crippen LogP contribution in [0, 0.1) is 11.3 Å². The van der Waals surface area contributed by atoms with Crippen molar-refractivity contribution < 1.29 is 9.47 Å². The van der Waals surface area contributed by atoms with E-state index < -0.39 is 0 Å². The first kappa shape index (κ1) is 22.6. The van der Waals surface area contributed by atoms with Crippen LogP contribution in [0.25, 0.3) is 0 Å². The van der Waals surface area contributed by atoms with Gasteiger partial charge in [0.05, 0.1) is 12.0 Å². The minimum absolute atomic E-state index is 0.279. The number of ether oxygens (including phenoxy) is 2. The summed E-state index contributed by atoms with van der Waals surface area (Å²) < 4.78 is 11.7. The van der Waals surface area contributed by atoms with Gasteiger partial charge in [-0.1, -0.05) is 29.3 Å². The van der Waals surface area contributed by atoms with Gasteiger partial charge in [0, 0.05) is 23.1 Å². The molecule has 33 heavy (non-hydrogen) atoms. The van der Waals surface area contributed by atoms with Gasteiger partial charge >= 0.3 is 0 Å². The average Bonchev–Trinajstić information content (AvgIpc) is 3.41. The number of anilines is 2. The predicted molar refractivity (Wildman–Crippen MR) is 130 cm³/mol. The highest BCUT2D eigenvalue weighted by Gasteiger charge is 2.13. The molecule has 0 fully saturated rings. The van der Waals surface area contributed by atoms with Crippen molar-refractivity contribution in [3.05, 3.63) is 74.2 Å². The number of H-pyrrole nitrogens is 1. The number of rotatable bonds is 8. The lowest BCUT2D eigenvalue weighted by Gasteiger charge is -2.10. The molecule has 0 radical (unpaired) electrons. The van der Waals surface area contributed by atoms with Crippen LogP contribution in [0.15, 0.2) is 53.7 Å². The minimum atomic E-state index is 0.279. The molecule has 0 atom stereocenters. The molecule has 4 rings (SSSR count). The molecule has 0 amide bonds. The number of thiazole rings is 1. The predicted octanol–water partition coefficient (Wildman–Crippen LogP) is 6.13. The van der Waals surface area contributed by atoms with Crippen molar-refractivity contribution in [1.82, 2.24) is 15.2 Å². The van der Waals surface area contributed by atoms with Gasteiger partial charge in [0.25, 0.3) is 0 Å². The summed E-state index contributed by atoms with van der Waals surface area (Å²) in [5, 5.41) is 20.2. The van der Waals surface area contributed by atoms with Crippen molar-refractivity contribution >= 4 is 58.1 Å².